The third kappa shape index (κ3) is 3.29. The molecule has 0 spiro atoms. The van der Waals surface area contributed by atoms with Crippen LogP contribution in [0.1, 0.15) is 53.4 Å². The highest BCUT2D eigenvalue weighted by atomic mass is 16.5. The first-order chi connectivity index (χ1) is 8.93. The van der Waals surface area contributed by atoms with Gasteiger partial charge in [-0.1, -0.05) is 31.1 Å². The van der Waals surface area contributed by atoms with Crippen molar-refractivity contribution in [3.63, 3.8) is 0 Å². The van der Waals surface area contributed by atoms with E-state index in [0.717, 1.165) is 25.7 Å². The summed E-state index contributed by atoms with van der Waals surface area (Å²) >= 11 is 0. The number of esters is 1. The van der Waals surface area contributed by atoms with E-state index in [1.54, 1.807) is 0 Å². The maximum absolute atomic E-state index is 12.1. The molecule has 19 heavy (non-hydrogen) atoms. The summed E-state index contributed by atoms with van der Waals surface area (Å²) in [5.41, 5.74) is 2.89. The van der Waals surface area contributed by atoms with Crippen LogP contribution in [-0.4, -0.2) is 12.6 Å². The van der Waals surface area contributed by atoms with Gasteiger partial charge in [0.1, 0.15) is 6.61 Å². The molecule has 0 unspecified atom stereocenters. The predicted molar refractivity (Wildman–Crippen MR) is 77.7 cm³/mol. The van der Waals surface area contributed by atoms with Gasteiger partial charge < -0.3 is 4.74 Å². The van der Waals surface area contributed by atoms with Crippen LogP contribution >= 0.6 is 0 Å². The van der Waals surface area contributed by atoms with Crippen molar-refractivity contribution in [3.8, 4) is 0 Å². The molecule has 0 amide bonds. The Hall–Kier alpha value is -1.05. The molecule has 2 heteroatoms. The monoisotopic (exact) mass is 262 g/mol. The zero-order chi connectivity index (χ0) is 14.0. The van der Waals surface area contributed by atoms with E-state index in [1.165, 1.54) is 11.1 Å². The standard InChI is InChI=1S/C17H26O2/c1-12-6-5-7-13(2)10-11-19-16(18)15-14(9-8-12)17(15,3)4/h6,10,14-15H,5,7-9,11H2,1-4H3/b12-6+,13-10?/t14-,15-/m0/s1. The number of carbonyl (C=O) groups excluding carboxylic acids is 1. The van der Waals surface area contributed by atoms with Gasteiger partial charge in [0.15, 0.2) is 0 Å². The summed E-state index contributed by atoms with van der Waals surface area (Å²) < 4.78 is 5.41. The minimum absolute atomic E-state index is 0.0000652. The van der Waals surface area contributed by atoms with Crippen molar-refractivity contribution in [2.45, 2.75) is 53.4 Å². The molecule has 0 aromatic rings. The molecule has 0 aromatic carbocycles. The van der Waals surface area contributed by atoms with Crippen LogP contribution in [0.4, 0.5) is 0 Å². The second-order valence-corrected chi connectivity index (χ2v) is 6.71. The van der Waals surface area contributed by atoms with Gasteiger partial charge in [-0.3, -0.25) is 4.79 Å². The Bertz CT molecular complexity index is 415. The molecule has 0 N–H and O–H groups in total. The van der Waals surface area contributed by atoms with Crippen LogP contribution in [0.5, 0.6) is 0 Å². The lowest BCUT2D eigenvalue weighted by molar-refractivity contribution is -0.145. The van der Waals surface area contributed by atoms with Crippen LogP contribution in [0, 0.1) is 17.3 Å². The van der Waals surface area contributed by atoms with Crippen LogP contribution in [-0.2, 0) is 9.53 Å². The summed E-state index contributed by atoms with van der Waals surface area (Å²) in [6.45, 7) is 9.14. The fraction of sp³-hybridized carbons (Fsp3) is 0.706. The molecular weight excluding hydrogens is 236 g/mol. The van der Waals surface area contributed by atoms with Crippen molar-refractivity contribution >= 4 is 5.97 Å². The largest absolute Gasteiger partial charge is 0.461 e. The van der Waals surface area contributed by atoms with Crippen LogP contribution in [0.2, 0.25) is 0 Å². The van der Waals surface area contributed by atoms with E-state index < -0.39 is 0 Å². The highest BCUT2D eigenvalue weighted by molar-refractivity contribution is 5.77. The van der Waals surface area contributed by atoms with Gasteiger partial charge in [0.2, 0.25) is 0 Å². The molecule has 2 nitrogen and oxygen atoms in total. The van der Waals surface area contributed by atoms with Gasteiger partial charge in [0.05, 0.1) is 5.92 Å². The molecule has 2 aliphatic rings. The number of allylic oxidation sites excluding steroid dienone is 3. The third-order valence-electron chi connectivity index (χ3n) is 4.84. The molecule has 106 valence electrons. The van der Waals surface area contributed by atoms with E-state index in [0.29, 0.717) is 12.5 Å². The van der Waals surface area contributed by atoms with Gasteiger partial charge in [0.25, 0.3) is 0 Å². The molecule has 0 radical (unpaired) electrons. The fourth-order valence-corrected chi connectivity index (χ4v) is 3.24. The lowest BCUT2D eigenvalue weighted by Gasteiger charge is -2.05. The summed E-state index contributed by atoms with van der Waals surface area (Å²) in [5.74, 6) is 0.601. The first-order valence-corrected chi connectivity index (χ1v) is 7.41. The Balaban J connectivity index is 2.08. The van der Waals surface area contributed by atoms with Crippen molar-refractivity contribution in [3.05, 3.63) is 23.3 Å². The van der Waals surface area contributed by atoms with Gasteiger partial charge in [0, 0.05) is 0 Å². The second-order valence-electron chi connectivity index (χ2n) is 6.71. The minimum Gasteiger partial charge on any atom is -0.461 e. The quantitative estimate of drug-likeness (QED) is 0.481. The van der Waals surface area contributed by atoms with E-state index in [2.05, 4.69) is 33.8 Å². The maximum Gasteiger partial charge on any atom is 0.310 e. The van der Waals surface area contributed by atoms with Gasteiger partial charge in [-0.05, 0) is 56.9 Å². The Morgan fingerprint density at radius 2 is 1.84 bits per heavy atom. The van der Waals surface area contributed by atoms with E-state index in [1.807, 2.05) is 6.08 Å². The van der Waals surface area contributed by atoms with E-state index >= 15 is 0 Å². The van der Waals surface area contributed by atoms with Crippen LogP contribution < -0.4 is 0 Å². The molecule has 0 aromatic heterocycles. The molecule has 2 atom stereocenters. The van der Waals surface area contributed by atoms with Gasteiger partial charge in [-0.2, -0.15) is 0 Å². The van der Waals surface area contributed by atoms with Crippen LogP contribution in [0.3, 0.4) is 0 Å². The topological polar surface area (TPSA) is 26.3 Å². The van der Waals surface area contributed by atoms with E-state index in [9.17, 15) is 4.79 Å². The Kier molecular flexibility index (Phi) is 4.17. The SMILES string of the molecule is CC1=CCOC(=O)[C@@H]2[C@H](CC/C(C)=C/CC1)C2(C)C. The van der Waals surface area contributed by atoms with E-state index in [-0.39, 0.29) is 17.3 Å². The normalized spacial score (nSPS) is 34.4. The number of hydrogen-bond donors (Lipinski definition) is 0. The van der Waals surface area contributed by atoms with Crippen LogP contribution in [0.15, 0.2) is 23.3 Å². The second kappa shape index (κ2) is 5.52. The minimum atomic E-state index is -0.0000652. The molecule has 1 heterocycles. The molecular formula is C17H26O2. The van der Waals surface area contributed by atoms with Gasteiger partial charge in [-0.25, -0.2) is 0 Å². The lowest BCUT2D eigenvalue weighted by Crippen LogP contribution is -2.11. The number of ether oxygens (including phenoxy) is 1. The maximum atomic E-state index is 12.1. The summed E-state index contributed by atoms with van der Waals surface area (Å²) in [5, 5.41) is 0. The Morgan fingerprint density at radius 3 is 2.58 bits per heavy atom. The highest BCUT2D eigenvalue weighted by Crippen LogP contribution is 2.61. The fourth-order valence-electron chi connectivity index (χ4n) is 3.24. The Morgan fingerprint density at radius 1 is 1.16 bits per heavy atom. The third-order valence-corrected chi connectivity index (χ3v) is 4.84. The predicted octanol–water partition coefficient (Wildman–Crippen LogP) is 4.27. The molecule has 1 saturated carbocycles. The zero-order valence-corrected chi connectivity index (χ0v) is 12.7. The van der Waals surface area contributed by atoms with Gasteiger partial charge >= 0.3 is 5.97 Å². The Labute approximate surface area is 116 Å². The molecule has 2 rings (SSSR count). The number of carbonyl (C=O) groups is 1. The molecule has 0 saturated heterocycles. The smallest absolute Gasteiger partial charge is 0.310 e. The average Bonchev–Trinajstić information content (AvgIpc) is 2.87. The summed E-state index contributed by atoms with van der Waals surface area (Å²) in [4.78, 5) is 12.1. The van der Waals surface area contributed by atoms with Crippen molar-refractivity contribution in [1.29, 1.82) is 0 Å². The summed E-state index contributed by atoms with van der Waals surface area (Å²) in [6, 6.07) is 0. The molecule has 1 fully saturated rings. The first-order valence-electron chi connectivity index (χ1n) is 7.41. The molecule has 1 aliphatic carbocycles. The first kappa shape index (κ1) is 14.4. The number of fused-ring (bicyclic) bond motifs is 1. The number of cyclic esters (lactones) is 1. The summed E-state index contributed by atoms with van der Waals surface area (Å²) in [7, 11) is 0. The molecule has 1 aliphatic heterocycles. The molecule has 0 bridgehead atoms. The highest BCUT2D eigenvalue weighted by Gasteiger charge is 2.61. The van der Waals surface area contributed by atoms with Crippen molar-refractivity contribution in [2.75, 3.05) is 6.61 Å². The number of hydrogen-bond acceptors (Lipinski definition) is 2. The summed E-state index contributed by atoms with van der Waals surface area (Å²) in [6.07, 6.45) is 8.78. The van der Waals surface area contributed by atoms with Crippen molar-refractivity contribution < 1.29 is 9.53 Å². The average molecular weight is 262 g/mol. The van der Waals surface area contributed by atoms with E-state index in [4.69, 9.17) is 4.74 Å². The zero-order valence-electron chi connectivity index (χ0n) is 12.7. The van der Waals surface area contributed by atoms with Crippen LogP contribution in [0.25, 0.3) is 0 Å². The van der Waals surface area contributed by atoms with Crippen molar-refractivity contribution in [2.24, 2.45) is 17.3 Å². The lowest BCUT2D eigenvalue weighted by atomic mass is 10.0. The van der Waals surface area contributed by atoms with Crippen molar-refractivity contribution in [1.82, 2.24) is 0 Å². The number of rotatable bonds is 0. The van der Waals surface area contributed by atoms with Gasteiger partial charge in [-0.15, -0.1) is 0 Å².